The highest BCUT2D eigenvalue weighted by molar-refractivity contribution is 5.80. The summed E-state index contributed by atoms with van der Waals surface area (Å²) in [6.45, 7) is 2.21. The highest BCUT2D eigenvalue weighted by atomic mass is 16.4. The molecule has 0 heterocycles. The van der Waals surface area contributed by atoms with E-state index in [1.165, 1.54) is 31.8 Å². The molecule has 0 rings (SSSR count). The van der Waals surface area contributed by atoms with E-state index in [9.17, 15) is 9.90 Å². The van der Waals surface area contributed by atoms with Crippen LogP contribution in [-0.4, -0.2) is 22.3 Å². The SMILES string of the molecule is CCCCCCCC(O)CC=CC=CC=CC=CC=CC=CC(=O)O. The van der Waals surface area contributed by atoms with E-state index in [4.69, 9.17) is 5.11 Å². The van der Waals surface area contributed by atoms with Gasteiger partial charge in [-0.2, -0.15) is 0 Å². The smallest absolute Gasteiger partial charge is 0.328 e. The number of aliphatic hydroxyl groups is 1. The normalized spacial score (nSPS) is 14.3. The second-order valence-electron chi connectivity index (χ2n) is 5.76. The summed E-state index contributed by atoms with van der Waals surface area (Å²) in [6.07, 6.45) is 28.8. The quantitative estimate of drug-likeness (QED) is 0.248. The molecule has 3 nitrogen and oxygen atoms in total. The summed E-state index contributed by atoms with van der Waals surface area (Å²) in [4.78, 5) is 10.2. The number of hydrogen-bond donors (Lipinski definition) is 2. The number of aliphatic carboxylic acids is 1. The van der Waals surface area contributed by atoms with Gasteiger partial charge in [-0.1, -0.05) is 106 Å². The number of hydrogen-bond acceptors (Lipinski definition) is 2. The van der Waals surface area contributed by atoms with Crippen molar-refractivity contribution in [1.29, 1.82) is 0 Å². The summed E-state index contributed by atoms with van der Waals surface area (Å²) in [7, 11) is 0. The predicted molar refractivity (Wildman–Crippen MR) is 106 cm³/mol. The number of carboxylic acids is 1. The van der Waals surface area contributed by atoms with Gasteiger partial charge in [0.2, 0.25) is 0 Å². The van der Waals surface area contributed by atoms with Crippen LogP contribution in [0.4, 0.5) is 0 Å². The van der Waals surface area contributed by atoms with Crippen molar-refractivity contribution < 1.29 is 15.0 Å². The van der Waals surface area contributed by atoms with E-state index in [2.05, 4.69) is 6.92 Å². The third kappa shape index (κ3) is 19.8. The van der Waals surface area contributed by atoms with Crippen LogP contribution in [-0.2, 0) is 4.79 Å². The van der Waals surface area contributed by atoms with Gasteiger partial charge in [-0.3, -0.25) is 0 Å². The summed E-state index contributed by atoms with van der Waals surface area (Å²) < 4.78 is 0. The molecule has 1 atom stereocenters. The Morgan fingerprint density at radius 2 is 1.32 bits per heavy atom. The number of carbonyl (C=O) groups is 1. The van der Waals surface area contributed by atoms with Crippen LogP contribution >= 0.6 is 0 Å². The van der Waals surface area contributed by atoms with Gasteiger partial charge in [0.15, 0.2) is 0 Å². The molecule has 0 radical (unpaired) electrons. The summed E-state index contributed by atoms with van der Waals surface area (Å²) in [5.41, 5.74) is 0. The maximum atomic E-state index is 10.2. The molecular weight excluding hydrogens is 312 g/mol. The van der Waals surface area contributed by atoms with E-state index in [-0.39, 0.29) is 6.10 Å². The van der Waals surface area contributed by atoms with Gasteiger partial charge in [0.05, 0.1) is 6.10 Å². The Morgan fingerprint density at radius 3 is 1.88 bits per heavy atom. The molecule has 0 bridgehead atoms. The Balaban J connectivity index is 3.74. The Labute approximate surface area is 152 Å². The molecule has 0 aliphatic carbocycles. The molecule has 1 unspecified atom stereocenters. The minimum Gasteiger partial charge on any atom is -0.478 e. The first-order valence-electron chi connectivity index (χ1n) is 9.07. The second kappa shape index (κ2) is 18.2. The number of allylic oxidation sites excluding steroid dienone is 10. The lowest BCUT2D eigenvalue weighted by molar-refractivity contribution is -0.131. The molecule has 138 valence electrons. The third-order valence-electron chi connectivity index (χ3n) is 3.42. The maximum Gasteiger partial charge on any atom is 0.328 e. The number of unbranched alkanes of at least 4 members (excludes halogenated alkanes) is 4. The molecule has 0 saturated heterocycles. The number of rotatable bonds is 14. The minimum atomic E-state index is -0.953. The molecule has 0 aromatic carbocycles. The summed E-state index contributed by atoms with van der Waals surface area (Å²) in [6, 6.07) is 0. The molecule has 0 amide bonds. The first kappa shape index (κ1) is 22.9. The van der Waals surface area contributed by atoms with Crippen LogP contribution in [0, 0.1) is 0 Å². The van der Waals surface area contributed by atoms with Crippen molar-refractivity contribution in [2.45, 2.75) is 58.0 Å². The topological polar surface area (TPSA) is 57.5 Å². The van der Waals surface area contributed by atoms with Crippen molar-refractivity contribution in [2.24, 2.45) is 0 Å². The Hall–Kier alpha value is -2.13. The van der Waals surface area contributed by atoms with Crippen LogP contribution in [0.2, 0.25) is 0 Å². The van der Waals surface area contributed by atoms with Crippen molar-refractivity contribution in [3.8, 4) is 0 Å². The third-order valence-corrected chi connectivity index (χ3v) is 3.42. The zero-order valence-corrected chi connectivity index (χ0v) is 15.3. The first-order valence-corrected chi connectivity index (χ1v) is 9.07. The summed E-state index contributed by atoms with van der Waals surface area (Å²) in [5.74, 6) is -0.953. The van der Waals surface area contributed by atoms with Crippen molar-refractivity contribution >= 4 is 5.97 Å². The molecule has 0 spiro atoms. The molecule has 0 fully saturated rings. The van der Waals surface area contributed by atoms with Crippen LogP contribution in [0.1, 0.15) is 51.9 Å². The van der Waals surface area contributed by atoms with Gasteiger partial charge in [0.25, 0.3) is 0 Å². The molecule has 0 aromatic rings. The summed E-state index contributed by atoms with van der Waals surface area (Å²) in [5, 5.41) is 18.2. The van der Waals surface area contributed by atoms with Gasteiger partial charge in [-0.15, -0.1) is 0 Å². The van der Waals surface area contributed by atoms with Crippen molar-refractivity contribution in [2.75, 3.05) is 0 Å². The Kier molecular flexibility index (Phi) is 16.7. The van der Waals surface area contributed by atoms with Gasteiger partial charge < -0.3 is 10.2 Å². The molecular formula is C22H32O3. The van der Waals surface area contributed by atoms with Crippen LogP contribution < -0.4 is 0 Å². The highest BCUT2D eigenvalue weighted by Crippen LogP contribution is 2.09. The molecule has 25 heavy (non-hydrogen) atoms. The molecule has 0 aromatic heterocycles. The average Bonchev–Trinajstić information content (AvgIpc) is 2.58. The van der Waals surface area contributed by atoms with Gasteiger partial charge in [-0.05, 0) is 12.8 Å². The predicted octanol–water partition coefficient (Wildman–Crippen LogP) is 5.52. The molecule has 0 saturated carbocycles. The van der Waals surface area contributed by atoms with E-state index in [1.807, 2.05) is 48.6 Å². The van der Waals surface area contributed by atoms with E-state index in [0.29, 0.717) is 6.42 Å². The highest BCUT2D eigenvalue weighted by Gasteiger charge is 2.00. The molecule has 2 N–H and O–H groups in total. The van der Waals surface area contributed by atoms with E-state index in [1.54, 1.807) is 12.2 Å². The fourth-order valence-electron chi connectivity index (χ4n) is 2.07. The van der Waals surface area contributed by atoms with Crippen LogP contribution in [0.25, 0.3) is 0 Å². The average molecular weight is 344 g/mol. The standard InChI is InChI=1S/C22H32O3/c1-2-3-4-12-15-18-21(23)19-16-13-10-8-6-5-7-9-11-14-17-20-22(24)25/h5-11,13-14,16-17,20-21,23H,2-4,12,15,18-19H2,1H3,(H,24,25). The molecule has 0 aliphatic heterocycles. The van der Waals surface area contributed by atoms with E-state index < -0.39 is 5.97 Å². The molecule has 3 heteroatoms. The number of carboxylic acid groups (broad SMARTS) is 1. The van der Waals surface area contributed by atoms with E-state index in [0.717, 1.165) is 18.9 Å². The monoisotopic (exact) mass is 344 g/mol. The minimum absolute atomic E-state index is 0.230. The van der Waals surface area contributed by atoms with Crippen LogP contribution in [0.15, 0.2) is 72.9 Å². The van der Waals surface area contributed by atoms with Gasteiger partial charge in [0, 0.05) is 6.08 Å². The van der Waals surface area contributed by atoms with E-state index >= 15 is 0 Å². The fourth-order valence-corrected chi connectivity index (χ4v) is 2.07. The lowest BCUT2D eigenvalue weighted by Crippen LogP contribution is -2.04. The summed E-state index contributed by atoms with van der Waals surface area (Å²) >= 11 is 0. The maximum absolute atomic E-state index is 10.2. The lowest BCUT2D eigenvalue weighted by Gasteiger charge is -2.06. The lowest BCUT2D eigenvalue weighted by atomic mass is 10.1. The second-order valence-corrected chi connectivity index (χ2v) is 5.76. The van der Waals surface area contributed by atoms with Gasteiger partial charge in [-0.25, -0.2) is 4.79 Å². The zero-order chi connectivity index (χ0) is 18.6. The van der Waals surface area contributed by atoms with Gasteiger partial charge in [0.1, 0.15) is 0 Å². The molecule has 0 aliphatic rings. The largest absolute Gasteiger partial charge is 0.478 e. The van der Waals surface area contributed by atoms with Crippen LogP contribution in [0.5, 0.6) is 0 Å². The Bertz CT molecular complexity index is 493. The zero-order valence-electron chi connectivity index (χ0n) is 15.3. The van der Waals surface area contributed by atoms with Crippen molar-refractivity contribution in [1.82, 2.24) is 0 Å². The fraction of sp³-hybridized carbons (Fsp3) is 0.409. The first-order chi connectivity index (χ1) is 12.2. The number of aliphatic hydroxyl groups excluding tert-OH is 1. The Morgan fingerprint density at radius 1 is 0.800 bits per heavy atom. The van der Waals surface area contributed by atoms with Crippen molar-refractivity contribution in [3.05, 3.63) is 72.9 Å². The van der Waals surface area contributed by atoms with Crippen molar-refractivity contribution in [3.63, 3.8) is 0 Å². The van der Waals surface area contributed by atoms with Crippen LogP contribution in [0.3, 0.4) is 0 Å². The van der Waals surface area contributed by atoms with Gasteiger partial charge >= 0.3 is 5.97 Å².